The van der Waals surface area contributed by atoms with E-state index in [0.717, 1.165) is 0 Å². The van der Waals surface area contributed by atoms with Gasteiger partial charge in [-0.1, -0.05) is 12.1 Å². The number of aromatic nitrogens is 2. The first-order valence-electron chi connectivity index (χ1n) is 6.29. The number of imidazole rings is 1. The SMILES string of the molecule is CCn1ccn(Cc2cccc(N)c2C(=O)OC)c1=O. The molecule has 0 aliphatic heterocycles. The maximum atomic E-state index is 12.0. The van der Waals surface area contributed by atoms with Crippen molar-refractivity contribution in [3.05, 3.63) is 52.2 Å². The minimum atomic E-state index is -0.499. The molecule has 6 nitrogen and oxygen atoms in total. The van der Waals surface area contributed by atoms with Crippen molar-refractivity contribution in [2.24, 2.45) is 0 Å². The van der Waals surface area contributed by atoms with E-state index in [1.54, 1.807) is 35.2 Å². The van der Waals surface area contributed by atoms with E-state index in [0.29, 0.717) is 23.4 Å². The van der Waals surface area contributed by atoms with Crippen molar-refractivity contribution in [1.29, 1.82) is 0 Å². The van der Waals surface area contributed by atoms with E-state index in [-0.39, 0.29) is 12.2 Å². The van der Waals surface area contributed by atoms with Crippen molar-refractivity contribution in [1.82, 2.24) is 9.13 Å². The fourth-order valence-corrected chi connectivity index (χ4v) is 2.10. The summed E-state index contributed by atoms with van der Waals surface area (Å²) in [5, 5.41) is 0. The summed E-state index contributed by atoms with van der Waals surface area (Å²) in [5.41, 5.74) is 7.02. The Kier molecular flexibility index (Phi) is 3.93. The summed E-state index contributed by atoms with van der Waals surface area (Å²) in [5.74, 6) is -0.499. The molecule has 0 bridgehead atoms. The number of hydrogen-bond donors (Lipinski definition) is 1. The van der Waals surface area contributed by atoms with Crippen LogP contribution < -0.4 is 11.4 Å². The highest BCUT2D eigenvalue weighted by Gasteiger charge is 2.16. The molecule has 0 fully saturated rings. The van der Waals surface area contributed by atoms with Gasteiger partial charge in [-0.05, 0) is 18.6 Å². The molecule has 6 heteroatoms. The van der Waals surface area contributed by atoms with Crippen LogP contribution in [0.15, 0.2) is 35.4 Å². The molecule has 1 aromatic heterocycles. The number of esters is 1. The molecule has 106 valence electrons. The minimum absolute atomic E-state index is 0.120. The first-order valence-corrected chi connectivity index (χ1v) is 6.29. The molecule has 0 amide bonds. The first-order chi connectivity index (χ1) is 9.58. The number of carbonyl (C=O) groups is 1. The highest BCUT2D eigenvalue weighted by molar-refractivity contribution is 5.96. The highest BCUT2D eigenvalue weighted by atomic mass is 16.5. The monoisotopic (exact) mass is 275 g/mol. The molecule has 0 saturated heterocycles. The van der Waals surface area contributed by atoms with Crippen LogP contribution in [0.25, 0.3) is 0 Å². The van der Waals surface area contributed by atoms with Crippen molar-refractivity contribution < 1.29 is 9.53 Å². The molecule has 2 N–H and O–H groups in total. The molecule has 0 spiro atoms. The lowest BCUT2D eigenvalue weighted by molar-refractivity contribution is 0.0600. The third-order valence-electron chi connectivity index (χ3n) is 3.17. The lowest BCUT2D eigenvalue weighted by atomic mass is 10.1. The summed E-state index contributed by atoms with van der Waals surface area (Å²) < 4.78 is 7.86. The average molecular weight is 275 g/mol. The van der Waals surface area contributed by atoms with Crippen molar-refractivity contribution >= 4 is 11.7 Å². The topological polar surface area (TPSA) is 79.2 Å². The maximum absolute atomic E-state index is 12.0. The summed E-state index contributed by atoms with van der Waals surface area (Å²) in [4.78, 5) is 23.8. The van der Waals surface area contributed by atoms with E-state index in [4.69, 9.17) is 10.5 Å². The zero-order valence-corrected chi connectivity index (χ0v) is 11.5. The number of anilines is 1. The molecular weight excluding hydrogens is 258 g/mol. The number of nitrogens with two attached hydrogens (primary N) is 1. The van der Waals surface area contributed by atoms with Gasteiger partial charge in [-0.25, -0.2) is 9.59 Å². The second-order valence-electron chi connectivity index (χ2n) is 4.37. The molecule has 0 atom stereocenters. The van der Waals surface area contributed by atoms with Crippen LogP contribution in [0.1, 0.15) is 22.8 Å². The second-order valence-corrected chi connectivity index (χ2v) is 4.37. The molecule has 2 rings (SSSR count). The Balaban J connectivity index is 2.43. The van der Waals surface area contributed by atoms with Crippen LogP contribution in [0.4, 0.5) is 5.69 Å². The molecule has 1 aromatic carbocycles. The Labute approximate surface area is 116 Å². The van der Waals surface area contributed by atoms with Crippen LogP contribution in [0.2, 0.25) is 0 Å². The number of hydrogen-bond acceptors (Lipinski definition) is 4. The zero-order valence-electron chi connectivity index (χ0n) is 11.5. The van der Waals surface area contributed by atoms with Gasteiger partial charge >= 0.3 is 11.7 Å². The van der Waals surface area contributed by atoms with Gasteiger partial charge in [-0.2, -0.15) is 0 Å². The van der Waals surface area contributed by atoms with Crippen LogP contribution in [-0.4, -0.2) is 22.2 Å². The van der Waals surface area contributed by atoms with E-state index in [2.05, 4.69) is 0 Å². The third-order valence-corrected chi connectivity index (χ3v) is 3.17. The lowest BCUT2D eigenvalue weighted by Gasteiger charge is -2.10. The molecule has 0 unspecified atom stereocenters. The van der Waals surface area contributed by atoms with Crippen LogP contribution in [-0.2, 0) is 17.8 Å². The van der Waals surface area contributed by atoms with Gasteiger partial charge in [0.1, 0.15) is 0 Å². The summed E-state index contributed by atoms with van der Waals surface area (Å²) in [7, 11) is 1.30. The minimum Gasteiger partial charge on any atom is -0.465 e. The van der Waals surface area contributed by atoms with Crippen molar-refractivity contribution in [3.63, 3.8) is 0 Å². The smallest absolute Gasteiger partial charge is 0.340 e. The van der Waals surface area contributed by atoms with Crippen molar-refractivity contribution in [2.75, 3.05) is 12.8 Å². The second kappa shape index (κ2) is 5.64. The fraction of sp³-hybridized carbons (Fsp3) is 0.286. The number of ether oxygens (including phenoxy) is 1. The van der Waals surface area contributed by atoms with Gasteiger partial charge in [0.15, 0.2) is 0 Å². The molecule has 2 aromatic rings. The Morgan fingerprint density at radius 1 is 1.30 bits per heavy atom. The molecule has 0 aliphatic carbocycles. The largest absolute Gasteiger partial charge is 0.465 e. The Hall–Kier alpha value is -2.50. The average Bonchev–Trinajstić information content (AvgIpc) is 2.79. The predicted molar refractivity (Wildman–Crippen MR) is 75.7 cm³/mol. The van der Waals surface area contributed by atoms with E-state index in [9.17, 15) is 9.59 Å². The normalized spacial score (nSPS) is 10.5. The molecular formula is C14H17N3O3. The van der Waals surface area contributed by atoms with Crippen LogP contribution in [0.5, 0.6) is 0 Å². The third kappa shape index (κ3) is 2.45. The maximum Gasteiger partial charge on any atom is 0.340 e. The Bertz CT molecular complexity index is 685. The van der Waals surface area contributed by atoms with E-state index < -0.39 is 5.97 Å². The number of rotatable bonds is 4. The predicted octanol–water partition coefficient (Wildman–Crippen LogP) is 1.09. The van der Waals surface area contributed by atoms with Crippen LogP contribution >= 0.6 is 0 Å². The highest BCUT2D eigenvalue weighted by Crippen LogP contribution is 2.18. The van der Waals surface area contributed by atoms with Crippen LogP contribution in [0.3, 0.4) is 0 Å². The summed E-state index contributed by atoms with van der Waals surface area (Å²) in [6.07, 6.45) is 3.41. The fourth-order valence-electron chi connectivity index (χ4n) is 2.10. The summed E-state index contributed by atoms with van der Waals surface area (Å²) in [6, 6.07) is 5.15. The Morgan fingerprint density at radius 2 is 2.00 bits per heavy atom. The quantitative estimate of drug-likeness (QED) is 0.669. The summed E-state index contributed by atoms with van der Waals surface area (Å²) >= 11 is 0. The van der Waals surface area contributed by atoms with Crippen molar-refractivity contribution in [3.8, 4) is 0 Å². The zero-order chi connectivity index (χ0) is 14.7. The standard InChI is InChI=1S/C14H17N3O3/c1-3-16-7-8-17(14(16)19)9-10-5-4-6-11(15)12(10)13(18)20-2/h4-8H,3,9,15H2,1-2H3. The molecule has 20 heavy (non-hydrogen) atoms. The van der Waals surface area contributed by atoms with Crippen LogP contribution in [0, 0.1) is 0 Å². The summed E-state index contributed by atoms with van der Waals surface area (Å²) in [6.45, 7) is 2.78. The van der Waals surface area contributed by atoms with Gasteiger partial charge in [0.25, 0.3) is 0 Å². The number of methoxy groups -OCH3 is 1. The van der Waals surface area contributed by atoms with Gasteiger partial charge in [0.2, 0.25) is 0 Å². The van der Waals surface area contributed by atoms with Gasteiger partial charge in [-0.15, -0.1) is 0 Å². The van der Waals surface area contributed by atoms with Gasteiger partial charge in [-0.3, -0.25) is 9.13 Å². The molecule has 0 radical (unpaired) electrons. The number of nitrogen functional groups attached to an aromatic ring is 1. The van der Waals surface area contributed by atoms with Gasteiger partial charge in [0, 0.05) is 24.6 Å². The number of nitrogens with zero attached hydrogens (tertiary/aromatic N) is 2. The molecule has 1 heterocycles. The Morgan fingerprint density at radius 3 is 2.60 bits per heavy atom. The van der Waals surface area contributed by atoms with E-state index >= 15 is 0 Å². The number of aryl methyl sites for hydroxylation is 1. The van der Waals surface area contributed by atoms with E-state index in [1.165, 1.54) is 11.7 Å². The molecule has 0 saturated carbocycles. The van der Waals surface area contributed by atoms with Gasteiger partial charge < -0.3 is 10.5 Å². The van der Waals surface area contributed by atoms with Crippen molar-refractivity contribution in [2.45, 2.75) is 20.0 Å². The number of benzene rings is 1. The lowest BCUT2D eigenvalue weighted by Crippen LogP contribution is -2.24. The van der Waals surface area contributed by atoms with Gasteiger partial charge in [0.05, 0.1) is 19.2 Å². The number of carbonyl (C=O) groups excluding carboxylic acids is 1. The van der Waals surface area contributed by atoms with E-state index in [1.807, 2.05) is 6.92 Å². The first kappa shape index (κ1) is 13.9. The molecule has 0 aliphatic rings.